The van der Waals surface area contributed by atoms with E-state index in [0.29, 0.717) is 11.7 Å². The van der Waals surface area contributed by atoms with Gasteiger partial charge in [-0.2, -0.15) is 0 Å². The van der Waals surface area contributed by atoms with E-state index in [1.165, 1.54) is 6.42 Å². The first-order valence-corrected chi connectivity index (χ1v) is 6.27. The molecule has 1 saturated heterocycles. The summed E-state index contributed by atoms with van der Waals surface area (Å²) in [5.74, 6) is -0.0218. The summed E-state index contributed by atoms with van der Waals surface area (Å²) in [4.78, 5) is 17.4. The van der Waals surface area contributed by atoms with Crippen LogP contribution in [0.1, 0.15) is 16.9 Å². The molecule has 0 aromatic carbocycles. The first-order valence-electron chi connectivity index (χ1n) is 6.27. The molecule has 1 aliphatic rings. The minimum Gasteiger partial charge on any atom is -0.349 e. The summed E-state index contributed by atoms with van der Waals surface area (Å²) in [5, 5.41) is 2.98. The van der Waals surface area contributed by atoms with Crippen LogP contribution in [0.3, 0.4) is 0 Å². The number of aromatic nitrogens is 2. The predicted octanol–water partition coefficient (Wildman–Crippen LogP) is 0.940. The standard InChI is InChI=1S/C13H18N4O/c1-16-5-3-9(16)8-14-13(18)11-7-12-10(15-11)4-6-17(12)2/h4,6-7,9,15H,3,5,8H2,1-2H3,(H,14,18). The van der Waals surface area contributed by atoms with Gasteiger partial charge in [-0.25, -0.2) is 0 Å². The van der Waals surface area contributed by atoms with Gasteiger partial charge in [-0.1, -0.05) is 0 Å². The van der Waals surface area contributed by atoms with E-state index >= 15 is 0 Å². The van der Waals surface area contributed by atoms with E-state index in [2.05, 4.69) is 22.2 Å². The second-order valence-electron chi connectivity index (χ2n) is 5.04. The summed E-state index contributed by atoms with van der Waals surface area (Å²) in [7, 11) is 4.06. The molecule has 0 saturated carbocycles. The maximum absolute atomic E-state index is 12.0. The molecule has 1 fully saturated rings. The number of hydrogen-bond acceptors (Lipinski definition) is 2. The maximum Gasteiger partial charge on any atom is 0.267 e. The van der Waals surface area contributed by atoms with Gasteiger partial charge in [0.25, 0.3) is 5.91 Å². The van der Waals surface area contributed by atoms with E-state index in [1.54, 1.807) is 0 Å². The molecule has 18 heavy (non-hydrogen) atoms. The van der Waals surface area contributed by atoms with Crippen molar-refractivity contribution in [2.24, 2.45) is 7.05 Å². The molecule has 1 unspecified atom stereocenters. The monoisotopic (exact) mass is 246 g/mol. The normalized spacial score (nSPS) is 20.0. The topological polar surface area (TPSA) is 53.1 Å². The van der Waals surface area contributed by atoms with Gasteiger partial charge in [0.2, 0.25) is 0 Å². The molecular weight excluding hydrogens is 228 g/mol. The highest BCUT2D eigenvalue weighted by molar-refractivity contribution is 5.97. The Labute approximate surface area is 106 Å². The number of rotatable bonds is 3. The molecule has 0 radical (unpaired) electrons. The number of likely N-dealkylation sites (N-methyl/N-ethyl adjacent to an activating group) is 1. The van der Waals surface area contributed by atoms with Crippen LogP contribution in [0.25, 0.3) is 11.0 Å². The lowest BCUT2D eigenvalue weighted by Crippen LogP contribution is -2.51. The molecule has 0 bridgehead atoms. The van der Waals surface area contributed by atoms with Crippen LogP contribution in [-0.2, 0) is 7.05 Å². The number of hydrogen-bond donors (Lipinski definition) is 2. The zero-order valence-electron chi connectivity index (χ0n) is 10.7. The highest BCUT2D eigenvalue weighted by Gasteiger charge is 2.24. The number of aryl methyl sites for hydroxylation is 1. The molecule has 1 amide bonds. The average Bonchev–Trinajstić information content (AvgIpc) is 2.90. The minimum absolute atomic E-state index is 0.0218. The van der Waals surface area contributed by atoms with Gasteiger partial charge < -0.3 is 19.8 Å². The van der Waals surface area contributed by atoms with E-state index in [-0.39, 0.29) is 5.91 Å². The number of nitrogens with one attached hydrogen (secondary N) is 2. The van der Waals surface area contributed by atoms with Crippen LogP contribution in [-0.4, -0.2) is 46.5 Å². The number of likely N-dealkylation sites (tertiary alicyclic amines) is 1. The van der Waals surface area contributed by atoms with Crippen LogP contribution in [0, 0.1) is 0 Å². The number of carbonyl (C=O) groups excluding carboxylic acids is 1. The number of H-pyrrole nitrogens is 1. The number of nitrogens with zero attached hydrogens (tertiary/aromatic N) is 2. The smallest absolute Gasteiger partial charge is 0.267 e. The van der Waals surface area contributed by atoms with E-state index in [4.69, 9.17) is 0 Å². The van der Waals surface area contributed by atoms with Crippen molar-refractivity contribution < 1.29 is 4.79 Å². The average molecular weight is 246 g/mol. The van der Waals surface area contributed by atoms with Crippen molar-refractivity contribution in [3.8, 4) is 0 Å². The molecule has 2 N–H and O–H groups in total. The zero-order chi connectivity index (χ0) is 12.7. The van der Waals surface area contributed by atoms with E-state index in [1.807, 2.05) is 29.9 Å². The molecule has 5 heteroatoms. The predicted molar refractivity (Wildman–Crippen MR) is 70.6 cm³/mol. The number of carbonyl (C=O) groups is 1. The van der Waals surface area contributed by atoms with Crippen molar-refractivity contribution in [1.82, 2.24) is 19.8 Å². The molecule has 0 spiro atoms. The highest BCUT2D eigenvalue weighted by atomic mass is 16.1. The highest BCUT2D eigenvalue weighted by Crippen LogP contribution is 2.16. The van der Waals surface area contributed by atoms with Crippen LogP contribution in [0.2, 0.25) is 0 Å². The molecule has 3 rings (SSSR count). The fourth-order valence-corrected chi connectivity index (χ4v) is 2.40. The molecule has 96 valence electrons. The Bertz CT molecular complexity index is 583. The Balaban J connectivity index is 1.67. The Hall–Kier alpha value is -1.75. The molecule has 5 nitrogen and oxygen atoms in total. The maximum atomic E-state index is 12.0. The molecule has 1 aliphatic heterocycles. The van der Waals surface area contributed by atoms with Gasteiger partial charge in [0, 0.05) is 25.8 Å². The Morgan fingerprint density at radius 3 is 3.00 bits per heavy atom. The fraction of sp³-hybridized carbons (Fsp3) is 0.462. The largest absolute Gasteiger partial charge is 0.349 e. The molecular formula is C13H18N4O. The molecule has 1 atom stereocenters. The van der Waals surface area contributed by atoms with E-state index in [9.17, 15) is 4.79 Å². The lowest BCUT2D eigenvalue weighted by atomic mass is 10.1. The quantitative estimate of drug-likeness (QED) is 0.847. The first kappa shape index (κ1) is 11.3. The first-order chi connectivity index (χ1) is 8.65. The summed E-state index contributed by atoms with van der Waals surface area (Å²) in [6.07, 6.45) is 3.15. The third-order valence-corrected chi connectivity index (χ3v) is 3.85. The van der Waals surface area contributed by atoms with Crippen molar-refractivity contribution in [3.05, 3.63) is 24.0 Å². The zero-order valence-corrected chi connectivity index (χ0v) is 10.7. The minimum atomic E-state index is -0.0218. The Morgan fingerprint density at radius 1 is 1.56 bits per heavy atom. The lowest BCUT2D eigenvalue weighted by Gasteiger charge is -2.37. The summed E-state index contributed by atoms with van der Waals surface area (Å²) < 4.78 is 2.00. The summed E-state index contributed by atoms with van der Waals surface area (Å²) >= 11 is 0. The van der Waals surface area contributed by atoms with Gasteiger partial charge >= 0.3 is 0 Å². The molecule has 2 aromatic heterocycles. The van der Waals surface area contributed by atoms with Gasteiger partial charge in [0.1, 0.15) is 5.69 Å². The number of fused-ring (bicyclic) bond motifs is 1. The van der Waals surface area contributed by atoms with Gasteiger partial charge in [-0.15, -0.1) is 0 Å². The van der Waals surface area contributed by atoms with E-state index in [0.717, 1.165) is 24.1 Å². The number of aromatic amines is 1. The third-order valence-electron chi connectivity index (χ3n) is 3.85. The van der Waals surface area contributed by atoms with Crippen LogP contribution in [0.15, 0.2) is 18.3 Å². The summed E-state index contributed by atoms with van der Waals surface area (Å²) in [6, 6.07) is 4.37. The van der Waals surface area contributed by atoms with Gasteiger partial charge in [0.15, 0.2) is 0 Å². The Morgan fingerprint density at radius 2 is 2.39 bits per heavy atom. The lowest BCUT2D eigenvalue weighted by molar-refractivity contribution is 0.0880. The van der Waals surface area contributed by atoms with Crippen LogP contribution < -0.4 is 5.32 Å². The Kier molecular flexibility index (Phi) is 2.63. The summed E-state index contributed by atoms with van der Waals surface area (Å²) in [6.45, 7) is 1.86. The van der Waals surface area contributed by atoms with Crippen molar-refractivity contribution >= 4 is 16.9 Å². The second kappa shape index (κ2) is 4.17. The van der Waals surface area contributed by atoms with Gasteiger partial charge in [-0.3, -0.25) is 4.79 Å². The second-order valence-corrected chi connectivity index (χ2v) is 5.04. The molecule has 0 aliphatic carbocycles. The van der Waals surface area contributed by atoms with Gasteiger partial charge in [-0.05, 0) is 32.1 Å². The van der Waals surface area contributed by atoms with Crippen molar-refractivity contribution in [1.29, 1.82) is 0 Å². The fourth-order valence-electron chi connectivity index (χ4n) is 2.40. The molecule has 3 heterocycles. The number of amides is 1. The van der Waals surface area contributed by atoms with Gasteiger partial charge in [0.05, 0.1) is 11.0 Å². The van der Waals surface area contributed by atoms with Crippen LogP contribution >= 0.6 is 0 Å². The summed E-state index contributed by atoms with van der Waals surface area (Å²) in [5.41, 5.74) is 2.70. The van der Waals surface area contributed by atoms with Crippen molar-refractivity contribution in [2.75, 3.05) is 20.1 Å². The van der Waals surface area contributed by atoms with Crippen molar-refractivity contribution in [2.45, 2.75) is 12.5 Å². The third kappa shape index (κ3) is 1.80. The molecule has 2 aromatic rings. The van der Waals surface area contributed by atoms with Crippen LogP contribution in [0.4, 0.5) is 0 Å². The van der Waals surface area contributed by atoms with Crippen LogP contribution in [0.5, 0.6) is 0 Å². The van der Waals surface area contributed by atoms with E-state index < -0.39 is 0 Å². The SMILES string of the molecule is CN1CCC1CNC(=O)c1cc2c(ccn2C)[nH]1. The van der Waals surface area contributed by atoms with Crippen molar-refractivity contribution in [3.63, 3.8) is 0 Å².